The molecule has 6 heteroatoms. The standard InChI is InChI=1S/C14H16N4O2/c1-11(20-10-12-6-3-2-4-7-12)13(19)17-18-14-15-8-5-9-16-14/h2-9,11H,10H2,1H3,(H,17,19)(H,15,16,18). The Labute approximate surface area is 117 Å². The summed E-state index contributed by atoms with van der Waals surface area (Å²) >= 11 is 0. The summed E-state index contributed by atoms with van der Waals surface area (Å²) < 4.78 is 5.49. The number of aromatic nitrogens is 2. The molecule has 2 rings (SSSR count). The molecule has 6 nitrogen and oxygen atoms in total. The third kappa shape index (κ3) is 4.33. The zero-order valence-corrected chi connectivity index (χ0v) is 11.1. The summed E-state index contributed by atoms with van der Waals surface area (Å²) in [5.74, 6) is 0.0458. The van der Waals surface area contributed by atoms with Crippen molar-refractivity contribution in [3.63, 3.8) is 0 Å². The molecule has 2 aromatic rings. The van der Waals surface area contributed by atoms with Crippen LogP contribution in [0.4, 0.5) is 5.95 Å². The highest BCUT2D eigenvalue weighted by Crippen LogP contribution is 2.03. The first-order chi connectivity index (χ1) is 9.75. The smallest absolute Gasteiger partial charge is 0.267 e. The van der Waals surface area contributed by atoms with E-state index in [-0.39, 0.29) is 5.91 Å². The second kappa shape index (κ2) is 7.20. The number of rotatable bonds is 6. The SMILES string of the molecule is CC(OCc1ccccc1)C(=O)NNc1ncccn1. The Morgan fingerprint density at radius 3 is 2.60 bits per heavy atom. The molecule has 1 aromatic heterocycles. The summed E-state index contributed by atoms with van der Waals surface area (Å²) in [4.78, 5) is 19.6. The largest absolute Gasteiger partial charge is 0.364 e. The van der Waals surface area contributed by atoms with E-state index in [9.17, 15) is 4.79 Å². The van der Waals surface area contributed by atoms with E-state index in [0.717, 1.165) is 5.56 Å². The van der Waals surface area contributed by atoms with E-state index in [4.69, 9.17) is 4.74 Å². The van der Waals surface area contributed by atoms with Gasteiger partial charge < -0.3 is 4.74 Å². The fourth-order valence-corrected chi connectivity index (χ4v) is 1.45. The van der Waals surface area contributed by atoms with Gasteiger partial charge in [-0.25, -0.2) is 9.97 Å². The molecule has 2 N–H and O–H groups in total. The van der Waals surface area contributed by atoms with Crippen LogP contribution in [0, 0.1) is 0 Å². The van der Waals surface area contributed by atoms with Gasteiger partial charge in [-0.15, -0.1) is 0 Å². The van der Waals surface area contributed by atoms with Gasteiger partial charge in [-0.1, -0.05) is 30.3 Å². The summed E-state index contributed by atoms with van der Waals surface area (Å²) in [6, 6.07) is 11.4. The summed E-state index contributed by atoms with van der Waals surface area (Å²) in [5.41, 5.74) is 6.14. The van der Waals surface area contributed by atoms with Gasteiger partial charge >= 0.3 is 0 Å². The third-order valence-electron chi connectivity index (χ3n) is 2.58. The summed E-state index contributed by atoms with van der Waals surface area (Å²) in [7, 11) is 0. The Kier molecular flexibility index (Phi) is 5.02. The van der Waals surface area contributed by atoms with Crippen LogP contribution in [-0.2, 0) is 16.1 Å². The maximum absolute atomic E-state index is 11.8. The zero-order chi connectivity index (χ0) is 14.2. The molecule has 0 saturated heterocycles. The second-order valence-electron chi connectivity index (χ2n) is 4.13. The monoisotopic (exact) mass is 272 g/mol. The molecule has 20 heavy (non-hydrogen) atoms. The van der Waals surface area contributed by atoms with Crippen LogP contribution in [0.1, 0.15) is 12.5 Å². The molecule has 0 aliphatic heterocycles. The number of ether oxygens (including phenoxy) is 1. The van der Waals surface area contributed by atoms with E-state index in [2.05, 4.69) is 20.8 Å². The highest BCUT2D eigenvalue weighted by molar-refractivity contribution is 5.81. The molecule has 1 aromatic carbocycles. The number of carbonyl (C=O) groups excluding carboxylic acids is 1. The number of nitrogens with one attached hydrogen (secondary N) is 2. The molecule has 1 amide bonds. The van der Waals surface area contributed by atoms with E-state index in [1.165, 1.54) is 0 Å². The van der Waals surface area contributed by atoms with Crippen molar-refractivity contribution < 1.29 is 9.53 Å². The third-order valence-corrected chi connectivity index (χ3v) is 2.58. The topological polar surface area (TPSA) is 76.1 Å². The fraction of sp³-hybridized carbons (Fsp3) is 0.214. The fourth-order valence-electron chi connectivity index (χ4n) is 1.45. The van der Waals surface area contributed by atoms with Gasteiger partial charge in [0.2, 0.25) is 5.95 Å². The Bertz CT molecular complexity index is 533. The van der Waals surface area contributed by atoms with E-state index < -0.39 is 6.10 Å². The first kappa shape index (κ1) is 14.0. The number of amides is 1. The van der Waals surface area contributed by atoms with Crippen molar-refractivity contribution in [2.24, 2.45) is 0 Å². The molecular weight excluding hydrogens is 256 g/mol. The lowest BCUT2D eigenvalue weighted by Crippen LogP contribution is -2.38. The molecule has 0 spiro atoms. The van der Waals surface area contributed by atoms with Crippen molar-refractivity contribution in [1.29, 1.82) is 0 Å². The number of hydrazine groups is 1. The van der Waals surface area contributed by atoms with Crippen LogP contribution in [0.15, 0.2) is 48.8 Å². The summed E-state index contributed by atoms with van der Waals surface area (Å²) in [6.07, 6.45) is 2.58. The molecule has 104 valence electrons. The summed E-state index contributed by atoms with van der Waals surface area (Å²) in [5, 5.41) is 0. The molecule has 0 saturated carbocycles. The number of benzene rings is 1. The van der Waals surface area contributed by atoms with Crippen LogP contribution < -0.4 is 10.9 Å². The molecule has 1 unspecified atom stereocenters. The van der Waals surface area contributed by atoms with Crippen molar-refractivity contribution >= 4 is 11.9 Å². The number of anilines is 1. The first-order valence-corrected chi connectivity index (χ1v) is 6.24. The first-order valence-electron chi connectivity index (χ1n) is 6.24. The normalized spacial score (nSPS) is 11.7. The Morgan fingerprint density at radius 2 is 1.90 bits per heavy atom. The maximum Gasteiger partial charge on any atom is 0.267 e. The van der Waals surface area contributed by atoms with Gasteiger partial charge in [0.15, 0.2) is 0 Å². The lowest BCUT2D eigenvalue weighted by atomic mass is 10.2. The second-order valence-corrected chi connectivity index (χ2v) is 4.13. The quantitative estimate of drug-likeness (QED) is 0.780. The predicted octanol–water partition coefficient (Wildman–Crippen LogP) is 1.52. The minimum absolute atomic E-state index is 0.284. The van der Waals surface area contributed by atoms with E-state index in [0.29, 0.717) is 12.6 Å². The number of carbonyl (C=O) groups is 1. The van der Waals surface area contributed by atoms with Gasteiger partial charge in [0.1, 0.15) is 6.10 Å². The zero-order valence-electron chi connectivity index (χ0n) is 11.1. The number of hydrogen-bond donors (Lipinski definition) is 2. The van der Waals surface area contributed by atoms with Crippen LogP contribution in [0.2, 0.25) is 0 Å². The Morgan fingerprint density at radius 1 is 1.20 bits per heavy atom. The molecule has 0 bridgehead atoms. The Balaban J connectivity index is 1.75. The minimum Gasteiger partial charge on any atom is -0.364 e. The van der Waals surface area contributed by atoms with Crippen molar-refractivity contribution in [1.82, 2.24) is 15.4 Å². The average Bonchev–Trinajstić information content (AvgIpc) is 2.52. The van der Waals surface area contributed by atoms with Crippen molar-refractivity contribution in [2.75, 3.05) is 5.43 Å². The van der Waals surface area contributed by atoms with Crippen molar-refractivity contribution in [2.45, 2.75) is 19.6 Å². The minimum atomic E-state index is -0.577. The van der Waals surface area contributed by atoms with E-state index in [1.54, 1.807) is 25.4 Å². The highest BCUT2D eigenvalue weighted by Gasteiger charge is 2.13. The van der Waals surface area contributed by atoms with Crippen molar-refractivity contribution in [3.05, 3.63) is 54.4 Å². The van der Waals surface area contributed by atoms with E-state index >= 15 is 0 Å². The number of hydrogen-bond acceptors (Lipinski definition) is 5. The van der Waals surface area contributed by atoms with Crippen LogP contribution in [0.5, 0.6) is 0 Å². The molecule has 0 fully saturated rings. The van der Waals surface area contributed by atoms with Crippen LogP contribution >= 0.6 is 0 Å². The van der Waals surface area contributed by atoms with Crippen LogP contribution in [0.3, 0.4) is 0 Å². The molecule has 0 aliphatic carbocycles. The molecule has 1 heterocycles. The summed E-state index contributed by atoms with van der Waals surface area (Å²) in [6.45, 7) is 2.07. The number of nitrogens with zero attached hydrogens (tertiary/aromatic N) is 2. The lowest BCUT2D eigenvalue weighted by Gasteiger charge is -2.13. The predicted molar refractivity (Wildman–Crippen MR) is 74.5 cm³/mol. The lowest BCUT2D eigenvalue weighted by molar-refractivity contribution is -0.131. The molecule has 0 aliphatic rings. The van der Waals surface area contributed by atoms with Gasteiger partial charge in [-0.3, -0.25) is 15.6 Å². The van der Waals surface area contributed by atoms with Gasteiger partial charge in [0, 0.05) is 12.4 Å². The van der Waals surface area contributed by atoms with Crippen LogP contribution in [-0.4, -0.2) is 22.0 Å². The highest BCUT2D eigenvalue weighted by atomic mass is 16.5. The van der Waals surface area contributed by atoms with E-state index in [1.807, 2.05) is 30.3 Å². The van der Waals surface area contributed by atoms with Gasteiger partial charge in [-0.05, 0) is 18.6 Å². The Hall–Kier alpha value is -2.47. The molecule has 0 radical (unpaired) electrons. The average molecular weight is 272 g/mol. The van der Waals surface area contributed by atoms with Crippen LogP contribution in [0.25, 0.3) is 0 Å². The van der Waals surface area contributed by atoms with Crippen molar-refractivity contribution in [3.8, 4) is 0 Å². The van der Waals surface area contributed by atoms with Gasteiger partial charge in [0.25, 0.3) is 5.91 Å². The molecule has 1 atom stereocenters. The van der Waals surface area contributed by atoms with Gasteiger partial charge in [-0.2, -0.15) is 0 Å². The maximum atomic E-state index is 11.8. The molecular formula is C14H16N4O2. The van der Waals surface area contributed by atoms with Gasteiger partial charge in [0.05, 0.1) is 6.61 Å².